The molecule has 1 saturated heterocycles. The number of rotatable bonds is 8. The lowest BCUT2D eigenvalue weighted by atomic mass is 9.99. The summed E-state index contributed by atoms with van der Waals surface area (Å²) in [6.45, 7) is 3.82. The summed E-state index contributed by atoms with van der Waals surface area (Å²) in [4.78, 5) is 26.5. The largest absolute Gasteiger partial charge is 0.443 e. The molecule has 0 saturated carbocycles. The fraction of sp³-hybridized carbons (Fsp3) is 0.333. The predicted molar refractivity (Wildman–Crippen MR) is 148 cm³/mol. The van der Waals surface area contributed by atoms with E-state index in [2.05, 4.69) is 0 Å². The van der Waals surface area contributed by atoms with Gasteiger partial charge in [0.25, 0.3) is 15.6 Å². The van der Waals surface area contributed by atoms with Crippen molar-refractivity contribution in [1.82, 2.24) is 8.87 Å². The summed E-state index contributed by atoms with van der Waals surface area (Å²) in [5.74, 6) is -0.249. The van der Waals surface area contributed by atoms with Crippen LogP contribution in [0.5, 0.6) is 0 Å². The number of furan rings is 1. The van der Waals surface area contributed by atoms with Crippen molar-refractivity contribution in [1.29, 1.82) is 0 Å². The standard InChI is InChI=1S/C30H29F3N2O5S/c1-19(2)34-18-20(16-24(29(34)37)21-10-12-23(13-11-21)30(31,32)33)9-14-26(36)25-7-5-15-35(25)41(38,39)28-17-22-6-3-4-8-27(22)40-28/h3-4,6,8,10-13,16-19,25H,5,7,9,14-15H2,1-2H3/t25-/m0/s1. The van der Waals surface area contributed by atoms with Crippen LogP contribution in [0.4, 0.5) is 13.2 Å². The monoisotopic (exact) mass is 586 g/mol. The van der Waals surface area contributed by atoms with Crippen LogP contribution < -0.4 is 5.56 Å². The zero-order valence-electron chi connectivity index (χ0n) is 22.5. The molecule has 0 radical (unpaired) electrons. The van der Waals surface area contributed by atoms with Gasteiger partial charge in [-0.3, -0.25) is 9.59 Å². The van der Waals surface area contributed by atoms with Gasteiger partial charge in [0.05, 0.1) is 11.6 Å². The zero-order chi connectivity index (χ0) is 29.5. The molecule has 1 fully saturated rings. The third-order valence-corrected chi connectivity index (χ3v) is 9.14. The molecule has 216 valence electrons. The lowest BCUT2D eigenvalue weighted by Gasteiger charge is -2.22. The minimum Gasteiger partial charge on any atom is -0.443 e. The summed E-state index contributed by atoms with van der Waals surface area (Å²) in [5, 5.41) is 0.445. The van der Waals surface area contributed by atoms with Gasteiger partial charge in [-0.05, 0) is 68.5 Å². The first-order chi connectivity index (χ1) is 19.4. The molecular weight excluding hydrogens is 557 g/mol. The quantitative estimate of drug-likeness (QED) is 0.245. The maximum Gasteiger partial charge on any atom is 0.416 e. The average Bonchev–Trinajstić information content (AvgIpc) is 3.60. The van der Waals surface area contributed by atoms with Crippen LogP contribution in [0.2, 0.25) is 0 Å². The summed E-state index contributed by atoms with van der Waals surface area (Å²) < 4.78 is 74.2. The fourth-order valence-corrected chi connectivity index (χ4v) is 6.84. The smallest absolute Gasteiger partial charge is 0.416 e. The second kappa shape index (κ2) is 10.9. The van der Waals surface area contributed by atoms with Gasteiger partial charge in [0, 0.05) is 42.2 Å². The molecule has 1 aliphatic rings. The van der Waals surface area contributed by atoms with E-state index < -0.39 is 27.8 Å². The van der Waals surface area contributed by atoms with Crippen LogP contribution in [0.25, 0.3) is 22.1 Å². The number of nitrogens with zero attached hydrogens (tertiary/aromatic N) is 2. The number of para-hydroxylation sites is 1. The number of benzene rings is 2. The van der Waals surface area contributed by atoms with E-state index in [4.69, 9.17) is 4.42 Å². The molecule has 4 aromatic rings. The minimum atomic E-state index is -4.50. The summed E-state index contributed by atoms with van der Waals surface area (Å²) in [6.07, 6.45) is -1.67. The van der Waals surface area contributed by atoms with Gasteiger partial charge in [0.15, 0.2) is 5.78 Å². The van der Waals surface area contributed by atoms with Crippen LogP contribution in [0, 0.1) is 0 Å². The third-order valence-electron chi connectivity index (χ3n) is 7.38. The number of hydrogen-bond acceptors (Lipinski definition) is 5. The molecule has 3 heterocycles. The first-order valence-electron chi connectivity index (χ1n) is 13.3. The Balaban J connectivity index is 1.37. The summed E-state index contributed by atoms with van der Waals surface area (Å²) in [5.41, 5.74) is 0.486. The minimum absolute atomic E-state index is 0.0273. The number of fused-ring (bicyclic) bond motifs is 1. The van der Waals surface area contributed by atoms with E-state index in [1.165, 1.54) is 27.1 Å². The number of aryl methyl sites for hydroxylation is 1. The van der Waals surface area contributed by atoms with Gasteiger partial charge in [0.1, 0.15) is 5.58 Å². The highest BCUT2D eigenvalue weighted by atomic mass is 32.2. The molecule has 1 aliphatic heterocycles. The fourth-order valence-electron chi connectivity index (χ4n) is 5.21. The second-order valence-electron chi connectivity index (χ2n) is 10.5. The number of carbonyl (C=O) groups excluding carboxylic acids is 1. The zero-order valence-corrected chi connectivity index (χ0v) is 23.3. The van der Waals surface area contributed by atoms with Crippen LogP contribution in [0.15, 0.2) is 81.2 Å². The predicted octanol–water partition coefficient (Wildman–Crippen LogP) is 6.22. The van der Waals surface area contributed by atoms with Crippen LogP contribution in [0.3, 0.4) is 0 Å². The Bertz CT molecular complexity index is 1720. The molecule has 0 spiro atoms. The van der Waals surface area contributed by atoms with Crippen molar-refractivity contribution >= 4 is 26.8 Å². The SMILES string of the molecule is CC(C)n1cc(CCC(=O)[C@@H]2CCCN2S(=O)(=O)c2cc3ccccc3o2)cc(-c2ccc(C(F)(F)F)cc2)c1=O. The first kappa shape index (κ1) is 28.8. The van der Waals surface area contributed by atoms with E-state index >= 15 is 0 Å². The highest BCUT2D eigenvalue weighted by molar-refractivity contribution is 7.89. The lowest BCUT2D eigenvalue weighted by molar-refractivity contribution is -0.137. The molecule has 2 aromatic heterocycles. The molecule has 0 amide bonds. The van der Waals surface area contributed by atoms with Gasteiger partial charge < -0.3 is 8.98 Å². The molecule has 1 atom stereocenters. The van der Waals surface area contributed by atoms with Crippen LogP contribution in [-0.4, -0.2) is 35.7 Å². The molecule has 7 nitrogen and oxygen atoms in total. The number of pyridine rings is 1. The Morgan fingerprint density at radius 2 is 1.78 bits per heavy atom. The van der Waals surface area contributed by atoms with Crippen molar-refractivity contribution < 1.29 is 30.8 Å². The van der Waals surface area contributed by atoms with Crippen molar-refractivity contribution in [2.45, 2.75) is 62.9 Å². The average molecular weight is 587 g/mol. The Morgan fingerprint density at radius 3 is 2.44 bits per heavy atom. The van der Waals surface area contributed by atoms with E-state index in [0.717, 1.165) is 12.1 Å². The molecule has 0 unspecified atom stereocenters. The Kier molecular flexibility index (Phi) is 7.69. The third kappa shape index (κ3) is 5.73. The normalized spacial score (nSPS) is 16.6. The van der Waals surface area contributed by atoms with Gasteiger partial charge in [-0.15, -0.1) is 0 Å². The van der Waals surface area contributed by atoms with Crippen molar-refractivity contribution in [3.8, 4) is 11.1 Å². The van der Waals surface area contributed by atoms with Gasteiger partial charge in [-0.1, -0.05) is 30.3 Å². The molecular formula is C30H29F3N2O5S. The van der Waals surface area contributed by atoms with Crippen LogP contribution >= 0.6 is 0 Å². The first-order valence-corrected chi connectivity index (χ1v) is 14.8. The van der Waals surface area contributed by atoms with Crippen molar-refractivity contribution in [2.24, 2.45) is 0 Å². The number of aromatic nitrogens is 1. The maximum absolute atomic E-state index is 13.4. The summed E-state index contributed by atoms with van der Waals surface area (Å²) in [6, 6.07) is 13.3. The number of carbonyl (C=O) groups is 1. The number of hydrogen-bond donors (Lipinski definition) is 0. The summed E-state index contributed by atoms with van der Waals surface area (Å²) in [7, 11) is -4.04. The number of alkyl halides is 3. The van der Waals surface area contributed by atoms with Gasteiger partial charge in [0.2, 0.25) is 5.09 Å². The van der Waals surface area contributed by atoms with E-state index in [-0.39, 0.29) is 47.4 Å². The number of halogens is 3. The van der Waals surface area contributed by atoms with Crippen molar-refractivity contribution in [2.75, 3.05) is 6.54 Å². The lowest BCUT2D eigenvalue weighted by Crippen LogP contribution is -2.40. The van der Waals surface area contributed by atoms with Crippen LogP contribution in [0.1, 0.15) is 50.3 Å². The van der Waals surface area contributed by atoms with Gasteiger partial charge in [-0.25, -0.2) is 8.42 Å². The van der Waals surface area contributed by atoms with Crippen molar-refractivity contribution in [3.05, 3.63) is 88.3 Å². The number of sulfonamides is 1. The molecule has 0 N–H and O–H groups in total. The second-order valence-corrected chi connectivity index (χ2v) is 12.3. The van der Waals surface area contributed by atoms with Crippen molar-refractivity contribution in [3.63, 3.8) is 0 Å². The molecule has 0 aliphatic carbocycles. The Labute approximate surface area is 235 Å². The van der Waals surface area contributed by atoms with E-state index in [9.17, 15) is 31.2 Å². The molecule has 11 heteroatoms. The molecule has 41 heavy (non-hydrogen) atoms. The van der Waals surface area contributed by atoms with E-state index in [0.29, 0.717) is 34.9 Å². The molecule has 0 bridgehead atoms. The van der Waals surface area contributed by atoms with E-state index in [1.807, 2.05) is 13.8 Å². The summed E-state index contributed by atoms with van der Waals surface area (Å²) >= 11 is 0. The molecule has 5 rings (SSSR count). The van der Waals surface area contributed by atoms with Gasteiger partial charge in [-0.2, -0.15) is 17.5 Å². The maximum atomic E-state index is 13.4. The number of Topliss-reactive ketones (excluding diaryl/α,β-unsaturated/α-hetero) is 1. The Hall–Kier alpha value is -3.70. The number of ketones is 1. The molecule has 2 aromatic carbocycles. The highest BCUT2D eigenvalue weighted by Crippen LogP contribution is 2.32. The van der Waals surface area contributed by atoms with Gasteiger partial charge >= 0.3 is 6.18 Å². The van der Waals surface area contributed by atoms with E-state index in [1.54, 1.807) is 36.5 Å². The van der Waals surface area contributed by atoms with Crippen LogP contribution in [-0.2, 0) is 27.4 Å². The highest BCUT2D eigenvalue weighted by Gasteiger charge is 2.40. The Morgan fingerprint density at radius 1 is 1.07 bits per heavy atom. The topological polar surface area (TPSA) is 89.6 Å².